The van der Waals surface area contributed by atoms with Gasteiger partial charge in [-0.05, 0) is 40.8 Å². The van der Waals surface area contributed by atoms with Gasteiger partial charge in [-0.3, -0.25) is 0 Å². The summed E-state index contributed by atoms with van der Waals surface area (Å²) in [4.78, 5) is 4.39. The monoisotopic (exact) mass is 300 g/mol. The number of hydrogen-bond donors (Lipinski definition) is 1. The molecule has 2 unspecified atom stereocenters. The quantitative estimate of drug-likeness (QED) is 0.894. The molecule has 1 aliphatic carbocycles. The van der Waals surface area contributed by atoms with E-state index in [1.165, 1.54) is 25.7 Å². The van der Waals surface area contributed by atoms with E-state index in [4.69, 9.17) is 5.73 Å². The van der Waals surface area contributed by atoms with Crippen LogP contribution in [0.5, 0.6) is 0 Å². The fraction of sp³-hybridized carbons (Fsp3) is 0.583. The lowest BCUT2D eigenvalue weighted by Gasteiger charge is -2.26. The molecule has 2 N–H and O–H groups in total. The molecule has 2 nitrogen and oxygen atoms in total. The van der Waals surface area contributed by atoms with Gasteiger partial charge in [-0.2, -0.15) is 0 Å². The Bertz CT molecular complexity index is 370. The van der Waals surface area contributed by atoms with Gasteiger partial charge in [0.05, 0.1) is 5.69 Å². The van der Waals surface area contributed by atoms with Crippen LogP contribution in [0.4, 0.5) is 5.69 Å². The minimum Gasteiger partial charge on any atom is -0.397 e. The number of nitrogens with two attached hydrogens (primary N) is 1. The Morgan fingerprint density at radius 3 is 3.00 bits per heavy atom. The summed E-state index contributed by atoms with van der Waals surface area (Å²) in [6.07, 6.45) is 7.13. The van der Waals surface area contributed by atoms with Crippen molar-refractivity contribution in [2.75, 3.05) is 5.73 Å². The lowest BCUT2D eigenvalue weighted by atomic mass is 9.91. The minimum atomic E-state index is 0.694. The molecule has 1 aliphatic rings. The first-order valence-electron chi connectivity index (χ1n) is 5.73. The molecule has 0 spiro atoms. The van der Waals surface area contributed by atoms with Crippen LogP contribution in [-0.4, -0.2) is 10.2 Å². The standard InChI is InChI=1S/C12H17BrN2S/c1-8-3-2-4-10(5-8)16-12-11(14)6-9(13)7-15-12/h6-8,10H,2-5,14H2,1H3. The van der Waals surface area contributed by atoms with E-state index in [2.05, 4.69) is 27.8 Å². The van der Waals surface area contributed by atoms with E-state index in [1.807, 2.05) is 24.0 Å². The smallest absolute Gasteiger partial charge is 0.119 e. The molecule has 4 heteroatoms. The predicted molar refractivity (Wildman–Crippen MR) is 73.6 cm³/mol. The van der Waals surface area contributed by atoms with Crippen molar-refractivity contribution >= 4 is 33.4 Å². The van der Waals surface area contributed by atoms with Crippen LogP contribution >= 0.6 is 27.7 Å². The van der Waals surface area contributed by atoms with Gasteiger partial charge >= 0.3 is 0 Å². The Hall–Kier alpha value is -0.220. The van der Waals surface area contributed by atoms with E-state index >= 15 is 0 Å². The molecule has 0 radical (unpaired) electrons. The van der Waals surface area contributed by atoms with Gasteiger partial charge in [-0.25, -0.2) is 4.98 Å². The van der Waals surface area contributed by atoms with E-state index < -0.39 is 0 Å². The molecule has 88 valence electrons. The van der Waals surface area contributed by atoms with Crippen LogP contribution in [-0.2, 0) is 0 Å². The second-order valence-electron chi connectivity index (χ2n) is 4.56. The summed E-state index contributed by atoms with van der Waals surface area (Å²) in [5.74, 6) is 0.850. The largest absolute Gasteiger partial charge is 0.397 e. The summed E-state index contributed by atoms with van der Waals surface area (Å²) >= 11 is 5.23. The topological polar surface area (TPSA) is 38.9 Å². The maximum atomic E-state index is 5.96. The molecule has 0 aromatic carbocycles. The van der Waals surface area contributed by atoms with Crippen molar-refractivity contribution in [3.63, 3.8) is 0 Å². The first-order chi connectivity index (χ1) is 7.65. The molecule has 16 heavy (non-hydrogen) atoms. The Labute approximate surface area is 110 Å². The van der Waals surface area contributed by atoms with E-state index in [9.17, 15) is 0 Å². The molecular weight excluding hydrogens is 284 g/mol. The number of rotatable bonds is 2. The molecule has 0 saturated heterocycles. The van der Waals surface area contributed by atoms with Crippen molar-refractivity contribution in [1.29, 1.82) is 0 Å². The molecule has 2 atom stereocenters. The van der Waals surface area contributed by atoms with Gasteiger partial charge < -0.3 is 5.73 Å². The first-order valence-corrected chi connectivity index (χ1v) is 7.40. The summed E-state index contributed by atoms with van der Waals surface area (Å²) < 4.78 is 0.950. The number of pyridine rings is 1. The highest BCUT2D eigenvalue weighted by Gasteiger charge is 2.20. The van der Waals surface area contributed by atoms with Gasteiger partial charge in [0.1, 0.15) is 5.03 Å². The van der Waals surface area contributed by atoms with Gasteiger partial charge in [-0.1, -0.05) is 19.8 Å². The summed E-state index contributed by atoms with van der Waals surface area (Å²) in [6, 6.07) is 1.93. The van der Waals surface area contributed by atoms with Gasteiger partial charge in [0.15, 0.2) is 0 Å². The summed E-state index contributed by atoms with van der Waals surface area (Å²) in [7, 11) is 0. The summed E-state index contributed by atoms with van der Waals surface area (Å²) in [6.45, 7) is 2.34. The third-order valence-corrected chi connectivity index (χ3v) is 4.77. The van der Waals surface area contributed by atoms with Crippen molar-refractivity contribution in [2.45, 2.75) is 42.9 Å². The van der Waals surface area contributed by atoms with E-state index in [0.29, 0.717) is 5.25 Å². The number of thioether (sulfide) groups is 1. The maximum Gasteiger partial charge on any atom is 0.119 e. The number of halogens is 1. The maximum absolute atomic E-state index is 5.96. The molecule has 1 fully saturated rings. The number of hydrogen-bond acceptors (Lipinski definition) is 3. The van der Waals surface area contributed by atoms with Crippen molar-refractivity contribution < 1.29 is 0 Å². The Morgan fingerprint density at radius 2 is 2.31 bits per heavy atom. The predicted octanol–water partition coefficient (Wildman–Crippen LogP) is 4.10. The van der Waals surface area contributed by atoms with E-state index in [-0.39, 0.29) is 0 Å². The normalized spacial score (nSPS) is 25.6. The van der Waals surface area contributed by atoms with Crippen molar-refractivity contribution in [1.82, 2.24) is 4.98 Å². The van der Waals surface area contributed by atoms with E-state index in [1.54, 1.807) is 0 Å². The first kappa shape index (κ1) is 12.2. The molecule has 0 bridgehead atoms. The zero-order valence-corrected chi connectivity index (χ0v) is 11.9. The zero-order chi connectivity index (χ0) is 11.5. The highest BCUT2D eigenvalue weighted by atomic mass is 79.9. The summed E-state index contributed by atoms with van der Waals surface area (Å²) in [5, 5.41) is 1.68. The average molecular weight is 301 g/mol. The molecule has 1 aromatic heterocycles. The van der Waals surface area contributed by atoms with Crippen LogP contribution in [0.25, 0.3) is 0 Å². The molecule has 1 aromatic rings. The fourth-order valence-corrected chi connectivity index (χ4v) is 3.87. The van der Waals surface area contributed by atoms with Gasteiger partial charge in [-0.15, -0.1) is 11.8 Å². The molecule has 2 rings (SSSR count). The van der Waals surface area contributed by atoms with Crippen LogP contribution in [0.1, 0.15) is 32.6 Å². The van der Waals surface area contributed by atoms with Crippen LogP contribution in [0.3, 0.4) is 0 Å². The molecule has 0 aliphatic heterocycles. The third kappa shape index (κ3) is 3.14. The van der Waals surface area contributed by atoms with Crippen LogP contribution in [0.15, 0.2) is 21.8 Å². The van der Waals surface area contributed by atoms with Gasteiger partial charge in [0, 0.05) is 15.9 Å². The van der Waals surface area contributed by atoms with Crippen molar-refractivity contribution in [2.24, 2.45) is 5.92 Å². The number of anilines is 1. The number of aromatic nitrogens is 1. The fourth-order valence-electron chi connectivity index (χ4n) is 2.18. The Kier molecular flexibility index (Phi) is 4.14. The third-order valence-electron chi connectivity index (χ3n) is 3.01. The average Bonchev–Trinajstić information content (AvgIpc) is 2.22. The second kappa shape index (κ2) is 5.41. The summed E-state index contributed by atoms with van der Waals surface area (Å²) in [5.41, 5.74) is 6.75. The second-order valence-corrected chi connectivity index (χ2v) is 6.76. The molecule has 0 amide bonds. The lowest BCUT2D eigenvalue weighted by Crippen LogP contribution is -2.15. The minimum absolute atomic E-state index is 0.694. The van der Waals surface area contributed by atoms with Gasteiger partial charge in [0.25, 0.3) is 0 Å². The lowest BCUT2D eigenvalue weighted by molar-refractivity contribution is 0.394. The molecule has 1 saturated carbocycles. The highest BCUT2D eigenvalue weighted by Crippen LogP contribution is 2.37. The Morgan fingerprint density at radius 1 is 1.50 bits per heavy atom. The van der Waals surface area contributed by atoms with Gasteiger partial charge in [0.2, 0.25) is 0 Å². The van der Waals surface area contributed by atoms with Crippen LogP contribution in [0.2, 0.25) is 0 Å². The zero-order valence-electron chi connectivity index (χ0n) is 9.45. The SMILES string of the molecule is CC1CCCC(Sc2ncc(Br)cc2N)C1. The Balaban J connectivity index is 2.02. The number of nitrogen functional groups attached to an aromatic ring is 1. The molecule has 1 heterocycles. The van der Waals surface area contributed by atoms with E-state index in [0.717, 1.165) is 21.1 Å². The molecular formula is C12H17BrN2S. The van der Waals surface area contributed by atoms with Crippen LogP contribution < -0.4 is 5.73 Å². The van der Waals surface area contributed by atoms with Crippen molar-refractivity contribution in [3.05, 3.63) is 16.7 Å². The van der Waals surface area contributed by atoms with Crippen LogP contribution in [0, 0.1) is 5.92 Å². The number of nitrogens with zero attached hydrogens (tertiary/aromatic N) is 1. The highest BCUT2D eigenvalue weighted by molar-refractivity contribution is 9.10. The van der Waals surface area contributed by atoms with Crippen molar-refractivity contribution in [3.8, 4) is 0 Å².